The molecule has 2 amide bonds. The summed E-state index contributed by atoms with van der Waals surface area (Å²) >= 11 is 11.7. The number of hydrogen-bond donors (Lipinski definition) is 1. The van der Waals surface area contributed by atoms with Crippen LogP contribution < -0.4 is 5.32 Å². The summed E-state index contributed by atoms with van der Waals surface area (Å²) in [5.41, 5.74) is 0.831. The van der Waals surface area contributed by atoms with Gasteiger partial charge in [-0.1, -0.05) is 35.3 Å². The van der Waals surface area contributed by atoms with E-state index in [0.29, 0.717) is 36.0 Å². The standard InChI is InChI=1S/C22H23Cl2N3O4S/c23-16-3-1-15(2-4-16)14-27-21(28)13-20(22(27)29)25-18-9-11-26(12-10-18)32(30,31)19-7-5-17(24)6-8-19/h1-8,18,20,25H,9-14H2. The number of likely N-dealkylation sites (tertiary alicyclic amines) is 1. The van der Waals surface area contributed by atoms with Crippen molar-refractivity contribution in [2.24, 2.45) is 0 Å². The van der Waals surface area contributed by atoms with Crippen LogP contribution in [-0.4, -0.2) is 54.6 Å². The highest BCUT2D eigenvalue weighted by Gasteiger charge is 2.40. The van der Waals surface area contributed by atoms with E-state index < -0.39 is 16.1 Å². The van der Waals surface area contributed by atoms with Gasteiger partial charge >= 0.3 is 0 Å². The highest BCUT2D eigenvalue weighted by Crippen LogP contribution is 2.24. The van der Waals surface area contributed by atoms with Crippen molar-refractivity contribution >= 4 is 45.0 Å². The molecule has 1 N–H and O–H groups in total. The molecular weight excluding hydrogens is 473 g/mol. The molecule has 0 bridgehead atoms. The number of imide groups is 1. The first kappa shape index (κ1) is 23.2. The number of benzene rings is 2. The van der Waals surface area contributed by atoms with Crippen molar-refractivity contribution in [2.75, 3.05) is 13.1 Å². The van der Waals surface area contributed by atoms with E-state index in [4.69, 9.17) is 23.2 Å². The zero-order valence-corrected chi connectivity index (χ0v) is 19.5. The maximum Gasteiger partial charge on any atom is 0.247 e. The molecule has 2 aromatic rings. The number of nitrogens with zero attached hydrogens (tertiary/aromatic N) is 2. The van der Waals surface area contributed by atoms with Gasteiger partial charge in [-0.15, -0.1) is 0 Å². The average Bonchev–Trinajstić information content (AvgIpc) is 3.03. The first-order valence-corrected chi connectivity index (χ1v) is 12.5. The van der Waals surface area contributed by atoms with Gasteiger partial charge in [0.05, 0.1) is 23.9 Å². The van der Waals surface area contributed by atoms with Crippen molar-refractivity contribution in [3.8, 4) is 0 Å². The van der Waals surface area contributed by atoms with Crippen LogP contribution in [0, 0.1) is 0 Å². The van der Waals surface area contributed by atoms with E-state index in [2.05, 4.69) is 5.32 Å². The number of halogens is 2. The lowest BCUT2D eigenvalue weighted by Crippen LogP contribution is -2.49. The molecule has 1 unspecified atom stereocenters. The number of piperidine rings is 1. The van der Waals surface area contributed by atoms with Crippen LogP contribution in [0.2, 0.25) is 10.0 Å². The largest absolute Gasteiger partial charge is 0.303 e. The fourth-order valence-electron chi connectivity index (χ4n) is 4.05. The molecule has 1 atom stereocenters. The second-order valence-electron chi connectivity index (χ2n) is 8.00. The molecule has 2 fully saturated rings. The molecule has 32 heavy (non-hydrogen) atoms. The lowest BCUT2D eigenvalue weighted by atomic mass is 10.0. The minimum atomic E-state index is -3.59. The van der Waals surface area contributed by atoms with Gasteiger partial charge in [0.15, 0.2) is 0 Å². The van der Waals surface area contributed by atoms with E-state index >= 15 is 0 Å². The van der Waals surface area contributed by atoms with Crippen LogP contribution in [0.1, 0.15) is 24.8 Å². The van der Waals surface area contributed by atoms with E-state index in [-0.39, 0.29) is 35.7 Å². The molecule has 7 nitrogen and oxygen atoms in total. The van der Waals surface area contributed by atoms with Gasteiger partial charge in [0.25, 0.3) is 0 Å². The molecule has 0 saturated carbocycles. The summed E-state index contributed by atoms with van der Waals surface area (Å²) in [6.07, 6.45) is 1.22. The highest BCUT2D eigenvalue weighted by atomic mass is 35.5. The van der Waals surface area contributed by atoms with Gasteiger partial charge in [-0.3, -0.25) is 14.5 Å². The van der Waals surface area contributed by atoms with Gasteiger partial charge in [-0.05, 0) is 54.8 Å². The average molecular weight is 496 g/mol. The monoisotopic (exact) mass is 495 g/mol. The number of nitrogens with one attached hydrogen (secondary N) is 1. The summed E-state index contributed by atoms with van der Waals surface area (Å²) in [5.74, 6) is -0.466. The molecule has 0 spiro atoms. The maximum atomic E-state index is 12.8. The van der Waals surface area contributed by atoms with Gasteiger partial charge in [0.2, 0.25) is 21.8 Å². The Labute approximate surface area is 197 Å². The third kappa shape index (κ3) is 5.00. The van der Waals surface area contributed by atoms with E-state index in [0.717, 1.165) is 5.56 Å². The van der Waals surface area contributed by atoms with Crippen LogP contribution in [-0.2, 0) is 26.2 Å². The Hall–Kier alpha value is -1.97. The normalized spacial score (nSPS) is 20.8. The first-order valence-electron chi connectivity index (χ1n) is 10.3. The molecule has 0 aromatic heterocycles. The molecule has 4 rings (SSSR count). The summed E-state index contributed by atoms with van der Waals surface area (Å²) < 4.78 is 27.1. The summed E-state index contributed by atoms with van der Waals surface area (Å²) in [6.45, 7) is 0.892. The summed E-state index contributed by atoms with van der Waals surface area (Å²) in [5, 5.41) is 4.34. The summed E-state index contributed by atoms with van der Waals surface area (Å²) in [6, 6.07) is 12.5. The smallest absolute Gasteiger partial charge is 0.247 e. The van der Waals surface area contributed by atoms with Gasteiger partial charge in [0, 0.05) is 29.2 Å². The zero-order chi connectivity index (χ0) is 22.9. The van der Waals surface area contributed by atoms with Crippen molar-refractivity contribution in [3.63, 3.8) is 0 Å². The van der Waals surface area contributed by atoms with Crippen LogP contribution in [0.3, 0.4) is 0 Å². The number of amides is 2. The van der Waals surface area contributed by atoms with Gasteiger partial charge in [-0.25, -0.2) is 8.42 Å². The number of hydrogen-bond acceptors (Lipinski definition) is 5. The molecule has 2 aliphatic heterocycles. The number of carbonyl (C=O) groups excluding carboxylic acids is 2. The predicted molar refractivity (Wildman–Crippen MR) is 122 cm³/mol. The van der Waals surface area contributed by atoms with Crippen LogP contribution >= 0.6 is 23.2 Å². The predicted octanol–water partition coefficient (Wildman–Crippen LogP) is 3.06. The lowest BCUT2D eigenvalue weighted by molar-refractivity contribution is -0.139. The Balaban J connectivity index is 1.33. The second-order valence-corrected chi connectivity index (χ2v) is 10.8. The van der Waals surface area contributed by atoms with Gasteiger partial charge in [-0.2, -0.15) is 4.31 Å². The summed E-state index contributed by atoms with van der Waals surface area (Å²) in [7, 11) is -3.59. The van der Waals surface area contributed by atoms with Crippen LogP contribution in [0.15, 0.2) is 53.4 Å². The highest BCUT2D eigenvalue weighted by molar-refractivity contribution is 7.89. The lowest BCUT2D eigenvalue weighted by Gasteiger charge is -2.32. The molecule has 0 aliphatic carbocycles. The van der Waals surface area contributed by atoms with Crippen molar-refractivity contribution in [1.29, 1.82) is 0 Å². The molecule has 2 saturated heterocycles. The third-order valence-corrected chi connectivity index (χ3v) is 8.26. The maximum absolute atomic E-state index is 12.8. The topological polar surface area (TPSA) is 86.8 Å². The van der Waals surface area contributed by atoms with E-state index in [9.17, 15) is 18.0 Å². The minimum Gasteiger partial charge on any atom is -0.303 e. The quantitative estimate of drug-likeness (QED) is 0.622. The number of carbonyl (C=O) groups is 2. The molecule has 10 heteroatoms. The molecule has 0 radical (unpaired) electrons. The third-order valence-electron chi connectivity index (χ3n) is 5.84. The summed E-state index contributed by atoms with van der Waals surface area (Å²) in [4.78, 5) is 26.7. The molecule has 2 aromatic carbocycles. The second kappa shape index (κ2) is 9.49. The Kier molecular flexibility index (Phi) is 6.88. The molecular formula is C22H23Cl2N3O4S. The van der Waals surface area contributed by atoms with Crippen LogP contribution in [0.4, 0.5) is 0 Å². The SMILES string of the molecule is O=C1CC(NC2CCN(S(=O)(=O)c3ccc(Cl)cc3)CC2)C(=O)N1Cc1ccc(Cl)cc1. The van der Waals surface area contributed by atoms with Crippen LogP contribution in [0.25, 0.3) is 0 Å². The van der Waals surface area contributed by atoms with Gasteiger partial charge in [0.1, 0.15) is 0 Å². The zero-order valence-electron chi connectivity index (χ0n) is 17.2. The Morgan fingerprint density at radius 3 is 2.06 bits per heavy atom. The Bertz CT molecular complexity index is 1100. The molecule has 2 heterocycles. The fourth-order valence-corrected chi connectivity index (χ4v) is 5.78. The number of rotatable bonds is 6. The van der Waals surface area contributed by atoms with Crippen LogP contribution in [0.5, 0.6) is 0 Å². The minimum absolute atomic E-state index is 0.0381. The van der Waals surface area contributed by atoms with Gasteiger partial charge < -0.3 is 5.32 Å². The van der Waals surface area contributed by atoms with Crippen molar-refractivity contribution in [1.82, 2.24) is 14.5 Å². The molecule has 170 valence electrons. The molecule has 2 aliphatic rings. The Morgan fingerprint density at radius 2 is 1.47 bits per heavy atom. The van der Waals surface area contributed by atoms with Crippen molar-refractivity contribution in [3.05, 3.63) is 64.1 Å². The van der Waals surface area contributed by atoms with Crippen molar-refractivity contribution < 1.29 is 18.0 Å². The van der Waals surface area contributed by atoms with Crippen molar-refractivity contribution in [2.45, 2.75) is 42.8 Å². The fraction of sp³-hybridized carbons (Fsp3) is 0.364. The van der Waals surface area contributed by atoms with E-state index in [1.54, 1.807) is 36.4 Å². The van der Waals surface area contributed by atoms with E-state index in [1.807, 2.05) is 0 Å². The number of sulfonamides is 1. The van der Waals surface area contributed by atoms with E-state index in [1.165, 1.54) is 21.3 Å². The Morgan fingerprint density at radius 1 is 0.906 bits per heavy atom. The first-order chi connectivity index (χ1) is 15.2.